The van der Waals surface area contributed by atoms with Crippen LogP contribution in [0.15, 0.2) is 24.3 Å². The van der Waals surface area contributed by atoms with E-state index in [1.807, 2.05) is 31.3 Å². The quantitative estimate of drug-likeness (QED) is 0.784. The van der Waals surface area contributed by atoms with Crippen LogP contribution < -0.4 is 15.5 Å². The molecule has 0 saturated heterocycles. The first-order chi connectivity index (χ1) is 10.5. The van der Waals surface area contributed by atoms with E-state index in [4.69, 9.17) is 0 Å². The minimum atomic E-state index is -0.275. The summed E-state index contributed by atoms with van der Waals surface area (Å²) in [5, 5.41) is 15.5. The average molecular weight is 305 g/mol. The average Bonchev–Trinajstić information content (AvgIpc) is 2.90. The number of nitrogens with zero attached hydrogens (tertiary/aromatic N) is 1. The van der Waals surface area contributed by atoms with Crippen molar-refractivity contribution in [3.8, 4) is 0 Å². The molecule has 1 fully saturated rings. The van der Waals surface area contributed by atoms with Gasteiger partial charge in [0.05, 0.1) is 6.10 Å². The van der Waals surface area contributed by atoms with E-state index in [0.717, 1.165) is 30.6 Å². The lowest BCUT2D eigenvalue weighted by Gasteiger charge is -2.24. The lowest BCUT2D eigenvalue weighted by atomic mass is 10.1. The molecule has 1 aromatic carbocycles. The molecule has 0 heterocycles. The second-order valence-corrected chi connectivity index (χ2v) is 6.35. The lowest BCUT2D eigenvalue weighted by Crippen LogP contribution is -2.35. The third-order valence-corrected chi connectivity index (χ3v) is 4.43. The number of aliphatic hydroxyl groups is 1. The molecule has 1 saturated carbocycles. The molecule has 1 aromatic rings. The molecule has 0 aromatic heterocycles. The highest BCUT2D eigenvalue weighted by molar-refractivity contribution is 5.89. The van der Waals surface area contributed by atoms with Crippen molar-refractivity contribution in [3.63, 3.8) is 0 Å². The molecule has 1 aliphatic carbocycles. The Labute approximate surface area is 132 Å². The molecule has 0 unspecified atom stereocenters. The second-order valence-electron chi connectivity index (χ2n) is 6.35. The fourth-order valence-corrected chi connectivity index (χ4v) is 2.76. The molecule has 1 aliphatic rings. The van der Waals surface area contributed by atoms with Crippen molar-refractivity contribution in [1.29, 1.82) is 0 Å². The molecule has 5 nitrogen and oxygen atoms in total. The van der Waals surface area contributed by atoms with Crippen molar-refractivity contribution < 1.29 is 9.90 Å². The number of benzene rings is 1. The Morgan fingerprint density at radius 3 is 2.82 bits per heavy atom. The number of carbonyl (C=O) groups is 1. The standard InChI is InChI=1S/C17H27N3O2/c1-12(2)20(3)15-8-5-7-14(10-15)19-17(22)18-11-13-6-4-9-16(13)21/h5,7-8,10,12-13,16,21H,4,6,9,11H2,1-3H3,(H2,18,19,22)/t13-,16-/m1/s1. The fraction of sp³-hybridized carbons (Fsp3) is 0.588. The van der Waals surface area contributed by atoms with Gasteiger partial charge in [-0.3, -0.25) is 0 Å². The van der Waals surface area contributed by atoms with Crippen molar-refractivity contribution in [2.45, 2.75) is 45.3 Å². The minimum absolute atomic E-state index is 0.184. The smallest absolute Gasteiger partial charge is 0.319 e. The maximum Gasteiger partial charge on any atom is 0.319 e. The van der Waals surface area contributed by atoms with Crippen molar-refractivity contribution in [2.24, 2.45) is 5.92 Å². The van der Waals surface area contributed by atoms with E-state index in [0.29, 0.717) is 12.6 Å². The Bertz CT molecular complexity index is 504. The number of aliphatic hydroxyl groups excluding tert-OH is 1. The first kappa shape index (κ1) is 16.6. The Balaban J connectivity index is 1.87. The topological polar surface area (TPSA) is 64.6 Å². The van der Waals surface area contributed by atoms with Gasteiger partial charge in [0, 0.05) is 36.9 Å². The minimum Gasteiger partial charge on any atom is -0.393 e. The molecule has 2 rings (SSSR count). The molecule has 2 atom stereocenters. The highest BCUT2D eigenvalue weighted by Crippen LogP contribution is 2.24. The first-order valence-electron chi connectivity index (χ1n) is 8.03. The van der Waals surface area contributed by atoms with Gasteiger partial charge in [-0.05, 0) is 44.9 Å². The molecule has 5 heteroatoms. The van der Waals surface area contributed by atoms with Crippen LogP contribution >= 0.6 is 0 Å². The Morgan fingerprint density at radius 2 is 2.18 bits per heavy atom. The fourth-order valence-electron chi connectivity index (χ4n) is 2.76. The van der Waals surface area contributed by atoms with Crippen LogP contribution in [0.4, 0.5) is 16.2 Å². The third-order valence-electron chi connectivity index (χ3n) is 4.43. The number of anilines is 2. The molecule has 2 amide bonds. The largest absolute Gasteiger partial charge is 0.393 e. The van der Waals surface area contributed by atoms with E-state index in [2.05, 4.69) is 29.4 Å². The van der Waals surface area contributed by atoms with Gasteiger partial charge in [-0.15, -0.1) is 0 Å². The molecule has 122 valence electrons. The van der Waals surface area contributed by atoms with Gasteiger partial charge in [-0.25, -0.2) is 4.79 Å². The van der Waals surface area contributed by atoms with E-state index in [-0.39, 0.29) is 18.1 Å². The van der Waals surface area contributed by atoms with Crippen molar-refractivity contribution in [1.82, 2.24) is 5.32 Å². The van der Waals surface area contributed by atoms with E-state index in [1.165, 1.54) is 0 Å². The van der Waals surface area contributed by atoms with Crippen LogP contribution in [-0.2, 0) is 0 Å². The third kappa shape index (κ3) is 4.37. The number of hydrogen-bond acceptors (Lipinski definition) is 3. The molecular formula is C17H27N3O2. The van der Waals surface area contributed by atoms with Crippen LogP contribution in [0.1, 0.15) is 33.1 Å². The van der Waals surface area contributed by atoms with E-state index in [9.17, 15) is 9.90 Å². The SMILES string of the molecule is CC(C)N(C)c1cccc(NC(=O)NC[C@H]2CCC[C@H]2O)c1. The van der Waals surface area contributed by atoms with E-state index in [1.54, 1.807) is 0 Å². The van der Waals surface area contributed by atoms with Gasteiger partial charge in [0.25, 0.3) is 0 Å². The van der Waals surface area contributed by atoms with E-state index < -0.39 is 0 Å². The number of hydrogen-bond donors (Lipinski definition) is 3. The Hall–Kier alpha value is -1.75. The van der Waals surface area contributed by atoms with Gasteiger partial charge in [0.2, 0.25) is 0 Å². The summed E-state index contributed by atoms with van der Waals surface area (Å²) in [5.41, 5.74) is 1.84. The summed E-state index contributed by atoms with van der Waals surface area (Å²) in [4.78, 5) is 14.1. The lowest BCUT2D eigenvalue weighted by molar-refractivity contribution is 0.133. The van der Waals surface area contributed by atoms with Gasteiger partial charge in [-0.1, -0.05) is 12.5 Å². The Morgan fingerprint density at radius 1 is 1.41 bits per heavy atom. The molecule has 0 spiro atoms. The first-order valence-corrected chi connectivity index (χ1v) is 8.03. The maximum atomic E-state index is 12.0. The molecule has 0 bridgehead atoms. The van der Waals surface area contributed by atoms with Crippen molar-refractivity contribution >= 4 is 17.4 Å². The summed E-state index contributed by atoms with van der Waals surface area (Å²) in [6, 6.07) is 7.98. The van der Waals surface area contributed by atoms with Crippen LogP contribution in [0, 0.1) is 5.92 Å². The molecule has 0 radical (unpaired) electrons. The van der Waals surface area contributed by atoms with Gasteiger partial charge in [0.1, 0.15) is 0 Å². The summed E-state index contributed by atoms with van der Waals surface area (Å²) >= 11 is 0. The zero-order valence-corrected chi connectivity index (χ0v) is 13.7. The highest BCUT2D eigenvalue weighted by Gasteiger charge is 2.25. The van der Waals surface area contributed by atoms with Gasteiger partial charge in [-0.2, -0.15) is 0 Å². The van der Waals surface area contributed by atoms with Crippen LogP contribution in [-0.4, -0.2) is 36.9 Å². The number of nitrogens with one attached hydrogen (secondary N) is 2. The summed E-state index contributed by atoms with van der Waals surface area (Å²) in [5.74, 6) is 0.184. The normalized spacial score (nSPS) is 21.0. The zero-order chi connectivity index (χ0) is 16.1. The molecule has 0 aliphatic heterocycles. The van der Waals surface area contributed by atoms with Crippen molar-refractivity contribution in [2.75, 3.05) is 23.8 Å². The summed E-state index contributed by atoms with van der Waals surface area (Å²) in [6.07, 6.45) is 2.59. The second kappa shape index (κ2) is 7.49. The van der Waals surface area contributed by atoms with Crippen LogP contribution in [0.3, 0.4) is 0 Å². The molecular weight excluding hydrogens is 278 g/mol. The van der Waals surface area contributed by atoms with Crippen molar-refractivity contribution in [3.05, 3.63) is 24.3 Å². The summed E-state index contributed by atoms with van der Waals surface area (Å²) in [6.45, 7) is 4.78. The monoisotopic (exact) mass is 305 g/mol. The Kier molecular flexibility index (Phi) is 5.66. The number of amides is 2. The van der Waals surface area contributed by atoms with E-state index >= 15 is 0 Å². The predicted octanol–water partition coefficient (Wildman–Crippen LogP) is 2.81. The maximum absolute atomic E-state index is 12.0. The summed E-state index contributed by atoms with van der Waals surface area (Å²) in [7, 11) is 2.03. The van der Waals surface area contributed by atoms with Crippen LogP contribution in [0.2, 0.25) is 0 Å². The zero-order valence-electron chi connectivity index (χ0n) is 13.7. The molecule has 3 N–H and O–H groups in total. The van der Waals surface area contributed by atoms with Gasteiger partial charge < -0.3 is 20.6 Å². The number of carbonyl (C=O) groups excluding carboxylic acids is 1. The highest BCUT2D eigenvalue weighted by atomic mass is 16.3. The van der Waals surface area contributed by atoms with Gasteiger partial charge >= 0.3 is 6.03 Å². The summed E-state index contributed by atoms with van der Waals surface area (Å²) < 4.78 is 0. The molecule has 22 heavy (non-hydrogen) atoms. The predicted molar refractivity (Wildman–Crippen MR) is 90.4 cm³/mol. The van der Waals surface area contributed by atoms with Gasteiger partial charge in [0.15, 0.2) is 0 Å². The van der Waals surface area contributed by atoms with Crippen LogP contribution in [0.5, 0.6) is 0 Å². The van der Waals surface area contributed by atoms with Crippen LogP contribution in [0.25, 0.3) is 0 Å². The number of urea groups is 1. The number of rotatable bonds is 5.